The van der Waals surface area contributed by atoms with Crippen molar-refractivity contribution in [2.45, 2.75) is 32.2 Å². The van der Waals surface area contributed by atoms with Crippen LogP contribution in [0.1, 0.15) is 25.7 Å². The Bertz CT molecular complexity index is 521. The minimum absolute atomic E-state index is 0.0924. The van der Waals surface area contributed by atoms with Gasteiger partial charge in [-0.3, -0.25) is 4.79 Å². The van der Waals surface area contributed by atoms with Gasteiger partial charge in [0.25, 0.3) is 5.56 Å². The number of hydrogen-bond acceptors (Lipinski definition) is 5. The molecule has 6 nitrogen and oxygen atoms in total. The van der Waals surface area contributed by atoms with Gasteiger partial charge in [-0.1, -0.05) is 24.4 Å². The molecule has 7 heteroatoms. The van der Waals surface area contributed by atoms with Gasteiger partial charge in [0.05, 0.1) is 25.0 Å². The van der Waals surface area contributed by atoms with E-state index in [2.05, 4.69) is 10.4 Å². The second-order valence-corrected chi connectivity index (χ2v) is 5.87. The van der Waals surface area contributed by atoms with Gasteiger partial charge in [0, 0.05) is 13.2 Å². The lowest BCUT2D eigenvalue weighted by Gasteiger charge is -2.30. The van der Waals surface area contributed by atoms with Gasteiger partial charge in [0.15, 0.2) is 0 Å². The molecule has 0 aliphatic heterocycles. The van der Waals surface area contributed by atoms with E-state index in [-0.39, 0.29) is 24.8 Å². The number of hydrogen-bond donors (Lipinski definition) is 3. The van der Waals surface area contributed by atoms with Crippen molar-refractivity contribution in [3.63, 3.8) is 0 Å². The molecule has 0 aromatic carbocycles. The lowest BCUT2D eigenvalue weighted by atomic mass is 9.79. The molecular formula is C14H22ClN3O3. The first-order valence-electron chi connectivity index (χ1n) is 7.38. The highest BCUT2D eigenvalue weighted by Gasteiger charge is 2.24. The zero-order chi connectivity index (χ0) is 15.2. The Labute approximate surface area is 128 Å². The molecule has 2 atom stereocenters. The van der Waals surface area contributed by atoms with Crippen molar-refractivity contribution in [3.8, 4) is 0 Å². The summed E-state index contributed by atoms with van der Waals surface area (Å²) in [6.07, 6.45) is 5.97. The maximum Gasteiger partial charge on any atom is 0.287 e. The van der Waals surface area contributed by atoms with Gasteiger partial charge in [-0.2, -0.15) is 5.10 Å². The van der Waals surface area contributed by atoms with Gasteiger partial charge >= 0.3 is 0 Å². The summed E-state index contributed by atoms with van der Waals surface area (Å²) >= 11 is 6.06. The SMILES string of the molecule is O=c1c(Cl)c(NCC2CCCCC2CO)cnn1CCO. The van der Waals surface area contributed by atoms with E-state index in [1.54, 1.807) is 0 Å². The van der Waals surface area contributed by atoms with Gasteiger partial charge in [0.2, 0.25) is 0 Å². The Morgan fingerprint density at radius 3 is 2.71 bits per heavy atom. The number of aliphatic hydroxyl groups excluding tert-OH is 2. The van der Waals surface area contributed by atoms with E-state index >= 15 is 0 Å². The molecule has 1 saturated carbocycles. The van der Waals surface area contributed by atoms with Crippen molar-refractivity contribution in [2.75, 3.05) is 25.1 Å². The molecule has 1 fully saturated rings. The summed E-state index contributed by atoms with van der Waals surface area (Å²) in [7, 11) is 0. The molecule has 0 bridgehead atoms. The van der Waals surface area contributed by atoms with Gasteiger partial charge in [0.1, 0.15) is 5.02 Å². The van der Waals surface area contributed by atoms with Crippen LogP contribution < -0.4 is 10.9 Å². The predicted molar refractivity (Wildman–Crippen MR) is 81.6 cm³/mol. The number of aliphatic hydroxyl groups is 2. The van der Waals surface area contributed by atoms with Crippen molar-refractivity contribution >= 4 is 17.3 Å². The molecule has 0 radical (unpaired) electrons. The molecule has 1 heterocycles. The van der Waals surface area contributed by atoms with Gasteiger partial charge in [-0.15, -0.1) is 0 Å². The first-order valence-corrected chi connectivity index (χ1v) is 7.76. The molecule has 1 aliphatic carbocycles. The van der Waals surface area contributed by atoms with Crippen LogP contribution in [-0.2, 0) is 6.54 Å². The molecule has 0 saturated heterocycles. The van der Waals surface area contributed by atoms with Crippen LogP contribution >= 0.6 is 11.6 Å². The summed E-state index contributed by atoms with van der Waals surface area (Å²) in [6, 6.07) is 0. The van der Waals surface area contributed by atoms with E-state index in [1.807, 2.05) is 0 Å². The molecule has 0 amide bonds. The van der Waals surface area contributed by atoms with Crippen LogP contribution in [0.15, 0.2) is 11.0 Å². The summed E-state index contributed by atoms with van der Waals surface area (Å²) in [5, 5.41) is 25.5. The fraction of sp³-hybridized carbons (Fsp3) is 0.714. The maximum absolute atomic E-state index is 11.9. The maximum atomic E-state index is 11.9. The van der Waals surface area contributed by atoms with Gasteiger partial charge in [-0.25, -0.2) is 4.68 Å². The fourth-order valence-electron chi connectivity index (χ4n) is 2.88. The Kier molecular flexibility index (Phi) is 6.02. The number of nitrogens with zero attached hydrogens (tertiary/aromatic N) is 2. The molecule has 21 heavy (non-hydrogen) atoms. The van der Waals surface area contributed by atoms with E-state index in [4.69, 9.17) is 16.7 Å². The molecule has 118 valence electrons. The van der Waals surface area contributed by atoms with Crippen molar-refractivity contribution in [3.05, 3.63) is 21.6 Å². The van der Waals surface area contributed by atoms with E-state index in [1.165, 1.54) is 19.0 Å². The number of aromatic nitrogens is 2. The van der Waals surface area contributed by atoms with Crippen LogP contribution in [0.2, 0.25) is 5.02 Å². The molecule has 0 spiro atoms. The first-order chi connectivity index (χ1) is 10.2. The molecule has 1 aromatic heterocycles. The molecule has 1 aromatic rings. The van der Waals surface area contributed by atoms with E-state index in [0.717, 1.165) is 17.5 Å². The third-order valence-electron chi connectivity index (χ3n) is 4.15. The third kappa shape index (κ3) is 3.96. The largest absolute Gasteiger partial charge is 0.396 e. The van der Waals surface area contributed by atoms with Crippen molar-refractivity contribution < 1.29 is 10.2 Å². The molecular weight excluding hydrogens is 294 g/mol. The number of nitrogens with one attached hydrogen (secondary N) is 1. The summed E-state index contributed by atoms with van der Waals surface area (Å²) in [5.74, 6) is 0.701. The van der Waals surface area contributed by atoms with Crippen LogP contribution in [0.4, 0.5) is 5.69 Å². The van der Waals surface area contributed by atoms with E-state index in [0.29, 0.717) is 24.1 Å². The summed E-state index contributed by atoms with van der Waals surface area (Å²) in [5.41, 5.74) is 0.108. The Morgan fingerprint density at radius 1 is 1.33 bits per heavy atom. The van der Waals surface area contributed by atoms with Crippen LogP contribution in [0.3, 0.4) is 0 Å². The number of anilines is 1. The molecule has 1 aliphatic rings. The second kappa shape index (κ2) is 7.77. The van der Waals surface area contributed by atoms with E-state index in [9.17, 15) is 9.90 Å². The van der Waals surface area contributed by atoms with Crippen molar-refractivity contribution in [1.29, 1.82) is 0 Å². The number of halogens is 1. The highest BCUT2D eigenvalue weighted by molar-refractivity contribution is 6.32. The fourth-order valence-corrected chi connectivity index (χ4v) is 3.09. The van der Waals surface area contributed by atoms with Crippen LogP contribution in [0.25, 0.3) is 0 Å². The smallest absolute Gasteiger partial charge is 0.287 e. The van der Waals surface area contributed by atoms with Crippen molar-refractivity contribution in [2.24, 2.45) is 11.8 Å². The van der Waals surface area contributed by atoms with Crippen LogP contribution in [0, 0.1) is 11.8 Å². The van der Waals surface area contributed by atoms with Gasteiger partial charge < -0.3 is 15.5 Å². The zero-order valence-corrected chi connectivity index (χ0v) is 12.7. The quantitative estimate of drug-likeness (QED) is 0.731. The molecule has 3 N–H and O–H groups in total. The highest BCUT2D eigenvalue weighted by Crippen LogP contribution is 2.30. The second-order valence-electron chi connectivity index (χ2n) is 5.49. The standard InChI is InChI=1S/C14H22ClN3O3/c15-13-12(8-17-18(5-6-19)14(13)21)16-7-10-3-1-2-4-11(10)9-20/h8,10-11,16,19-20H,1-7,9H2. The summed E-state index contributed by atoms with van der Waals surface area (Å²) in [4.78, 5) is 11.9. The van der Waals surface area contributed by atoms with Gasteiger partial charge in [-0.05, 0) is 24.7 Å². The minimum Gasteiger partial charge on any atom is -0.396 e. The van der Waals surface area contributed by atoms with E-state index < -0.39 is 5.56 Å². The van der Waals surface area contributed by atoms with Crippen LogP contribution in [-0.4, -0.2) is 39.8 Å². The Balaban J connectivity index is 2.03. The topological polar surface area (TPSA) is 87.4 Å². The Hall–Kier alpha value is -1.11. The predicted octanol–water partition coefficient (Wildman–Crippen LogP) is 1.10. The zero-order valence-electron chi connectivity index (χ0n) is 12.0. The normalized spacial score (nSPS) is 22.2. The minimum atomic E-state index is -0.405. The lowest BCUT2D eigenvalue weighted by Crippen LogP contribution is -2.30. The lowest BCUT2D eigenvalue weighted by molar-refractivity contribution is 0.141. The Morgan fingerprint density at radius 2 is 2.05 bits per heavy atom. The highest BCUT2D eigenvalue weighted by atomic mass is 35.5. The average Bonchev–Trinajstić information content (AvgIpc) is 2.51. The van der Waals surface area contributed by atoms with Crippen LogP contribution in [0.5, 0.6) is 0 Å². The monoisotopic (exact) mass is 315 g/mol. The first kappa shape index (κ1) is 16.3. The number of rotatable bonds is 6. The summed E-state index contributed by atoms with van der Waals surface area (Å²) < 4.78 is 1.14. The molecule has 2 unspecified atom stereocenters. The molecule has 2 rings (SSSR count). The average molecular weight is 316 g/mol. The summed E-state index contributed by atoms with van der Waals surface area (Å²) in [6.45, 7) is 0.858. The van der Waals surface area contributed by atoms with Crippen molar-refractivity contribution in [1.82, 2.24) is 9.78 Å². The third-order valence-corrected chi connectivity index (χ3v) is 4.52.